The van der Waals surface area contributed by atoms with Gasteiger partial charge in [-0.25, -0.2) is 4.79 Å². The molecule has 136 valence electrons. The molecular weight excluding hydrogens is 352 g/mol. The molecule has 2 N–H and O–H groups in total. The van der Waals surface area contributed by atoms with Gasteiger partial charge >= 0.3 is 5.97 Å². The van der Waals surface area contributed by atoms with E-state index in [2.05, 4.69) is 0 Å². The summed E-state index contributed by atoms with van der Waals surface area (Å²) >= 11 is 1.42. The number of nitrogens with two attached hydrogens (primary N) is 1. The molecule has 1 aliphatic rings. The summed E-state index contributed by atoms with van der Waals surface area (Å²) in [7, 11) is 2.93. The van der Waals surface area contributed by atoms with E-state index >= 15 is 0 Å². The standard InChI is InChI=1S/C19H20N2O4S/c1-24-14-6-3-12(4-7-14)9-16(19(23)25-2)21-15-8-5-13(20)10-17(15)26-11-18(21)22/h3-8,10,16H,9,11,20H2,1-2H3. The van der Waals surface area contributed by atoms with Crippen LogP contribution in [0.3, 0.4) is 0 Å². The smallest absolute Gasteiger partial charge is 0.329 e. The van der Waals surface area contributed by atoms with Crippen molar-refractivity contribution < 1.29 is 19.1 Å². The van der Waals surface area contributed by atoms with Crippen LogP contribution in [0.1, 0.15) is 5.56 Å². The lowest BCUT2D eigenvalue weighted by Gasteiger charge is -2.34. The van der Waals surface area contributed by atoms with E-state index in [1.807, 2.05) is 30.3 Å². The Bertz CT molecular complexity index is 823. The molecule has 0 radical (unpaired) electrons. The topological polar surface area (TPSA) is 81.9 Å². The maximum absolute atomic E-state index is 12.6. The highest BCUT2D eigenvalue weighted by Gasteiger charge is 2.36. The van der Waals surface area contributed by atoms with Gasteiger partial charge in [0, 0.05) is 17.0 Å². The first-order valence-corrected chi connectivity index (χ1v) is 9.07. The number of benzene rings is 2. The van der Waals surface area contributed by atoms with Crippen LogP contribution in [0, 0.1) is 0 Å². The van der Waals surface area contributed by atoms with Crippen LogP contribution >= 0.6 is 11.8 Å². The summed E-state index contributed by atoms with van der Waals surface area (Å²) in [6.45, 7) is 0. The highest BCUT2D eigenvalue weighted by molar-refractivity contribution is 8.00. The van der Waals surface area contributed by atoms with E-state index in [0.29, 0.717) is 17.8 Å². The van der Waals surface area contributed by atoms with Crippen LogP contribution in [0.2, 0.25) is 0 Å². The zero-order valence-corrected chi connectivity index (χ0v) is 15.4. The first-order chi connectivity index (χ1) is 12.5. The van der Waals surface area contributed by atoms with Gasteiger partial charge in [0.25, 0.3) is 0 Å². The van der Waals surface area contributed by atoms with Crippen LogP contribution in [0.4, 0.5) is 11.4 Å². The number of fused-ring (bicyclic) bond motifs is 1. The third kappa shape index (κ3) is 3.62. The van der Waals surface area contributed by atoms with Gasteiger partial charge < -0.3 is 15.2 Å². The van der Waals surface area contributed by atoms with Gasteiger partial charge in [-0.2, -0.15) is 0 Å². The lowest BCUT2D eigenvalue weighted by molar-refractivity contribution is -0.143. The van der Waals surface area contributed by atoms with Crippen molar-refractivity contribution in [2.75, 3.05) is 30.6 Å². The summed E-state index contributed by atoms with van der Waals surface area (Å²) in [4.78, 5) is 27.5. The molecule has 2 aromatic rings. The fourth-order valence-corrected chi connectivity index (χ4v) is 3.88. The zero-order valence-electron chi connectivity index (χ0n) is 14.6. The summed E-state index contributed by atoms with van der Waals surface area (Å²) in [5.74, 6) is 0.404. The maximum Gasteiger partial charge on any atom is 0.329 e. The fraction of sp³-hybridized carbons (Fsp3) is 0.263. The van der Waals surface area contributed by atoms with Crippen molar-refractivity contribution >= 4 is 35.0 Å². The van der Waals surface area contributed by atoms with Crippen LogP contribution in [-0.4, -0.2) is 37.9 Å². The van der Waals surface area contributed by atoms with Crippen LogP contribution in [0.15, 0.2) is 47.4 Å². The normalized spacial score (nSPS) is 14.5. The number of hydrogen-bond acceptors (Lipinski definition) is 6. The number of anilines is 2. The molecule has 1 unspecified atom stereocenters. The molecule has 1 heterocycles. The quantitative estimate of drug-likeness (QED) is 0.641. The van der Waals surface area contributed by atoms with Crippen molar-refractivity contribution in [2.45, 2.75) is 17.4 Å². The molecule has 0 aromatic heterocycles. The SMILES string of the molecule is COC(=O)C(Cc1ccc(OC)cc1)N1C(=O)CSc2cc(N)ccc21. The molecule has 0 saturated heterocycles. The molecule has 1 aliphatic heterocycles. The highest BCUT2D eigenvalue weighted by atomic mass is 32.2. The molecule has 0 fully saturated rings. The number of amides is 1. The van der Waals surface area contributed by atoms with Gasteiger partial charge in [-0.15, -0.1) is 11.8 Å². The Kier molecular flexibility index (Phi) is 5.37. The lowest BCUT2D eigenvalue weighted by Crippen LogP contribution is -2.49. The number of nitrogen functional groups attached to an aromatic ring is 1. The van der Waals surface area contributed by atoms with Crippen molar-refractivity contribution in [1.29, 1.82) is 0 Å². The average molecular weight is 372 g/mol. The minimum Gasteiger partial charge on any atom is -0.497 e. The first kappa shape index (κ1) is 18.1. The predicted octanol–water partition coefficient (Wildman–Crippen LogP) is 2.50. The monoisotopic (exact) mass is 372 g/mol. The largest absolute Gasteiger partial charge is 0.497 e. The zero-order chi connectivity index (χ0) is 18.7. The minimum absolute atomic E-state index is 0.129. The second-order valence-corrected chi connectivity index (χ2v) is 6.89. The Morgan fingerprint density at radius 3 is 2.62 bits per heavy atom. The second kappa shape index (κ2) is 7.70. The van der Waals surface area contributed by atoms with Crippen LogP contribution in [0.5, 0.6) is 5.75 Å². The number of methoxy groups -OCH3 is 2. The first-order valence-electron chi connectivity index (χ1n) is 8.08. The molecule has 1 atom stereocenters. The van der Waals surface area contributed by atoms with Crippen LogP contribution in [-0.2, 0) is 20.7 Å². The summed E-state index contributed by atoms with van der Waals surface area (Å²) in [6, 6.07) is 12.0. The number of esters is 1. The van der Waals surface area contributed by atoms with Crippen molar-refractivity contribution in [2.24, 2.45) is 0 Å². The van der Waals surface area contributed by atoms with E-state index in [4.69, 9.17) is 15.2 Å². The van der Waals surface area contributed by atoms with Crippen molar-refractivity contribution in [3.63, 3.8) is 0 Å². The number of ether oxygens (including phenoxy) is 2. The average Bonchev–Trinajstić information content (AvgIpc) is 2.66. The molecular formula is C19H20N2O4S. The van der Waals surface area contributed by atoms with Gasteiger partial charge in [0.15, 0.2) is 0 Å². The van der Waals surface area contributed by atoms with E-state index < -0.39 is 12.0 Å². The lowest BCUT2D eigenvalue weighted by atomic mass is 10.0. The molecule has 1 amide bonds. The van der Waals surface area contributed by atoms with Crippen molar-refractivity contribution in [1.82, 2.24) is 0 Å². The van der Waals surface area contributed by atoms with Crippen LogP contribution in [0.25, 0.3) is 0 Å². The Morgan fingerprint density at radius 1 is 1.23 bits per heavy atom. The molecule has 3 rings (SSSR count). The predicted molar refractivity (Wildman–Crippen MR) is 102 cm³/mol. The van der Waals surface area contributed by atoms with E-state index in [0.717, 1.165) is 16.2 Å². The van der Waals surface area contributed by atoms with E-state index in [1.165, 1.54) is 23.8 Å². The maximum atomic E-state index is 12.6. The minimum atomic E-state index is -0.746. The third-order valence-corrected chi connectivity index (χ3v) is 5.27. The third-order valence-electron chi connectivity index (χ3n) is 4.24. The Morgan fingerprint density at radius 2 is 1.96 bits per heavy atom. The number of carbonyl (C=O) groups excluding carboxylic acids is 2. The highest BCUT2D eigenvalue weighted by Crippen LogP contribution is 2.38. The van der Waals surface area contributed by atoms with Crippen molar-refractivity contribution in [3.8, 4) is 5.75 Å². The molecule has 0 saturated carbocycles. The fourth-order valence-electron chi connectivity index (χ4n) is 2.93. The molecule has 0 spiro atoms. The number of carbonyl (C=O) groups is 2. The molecule has 7 heteroatoms. The molecule has 6 nitrogen and oxygen atoms in total. The number of nitrogens with zero attached hydrogens (tertiary/aromatic N) is 1. The van der Waals surface area contributed by atoms with Gasteiger partial charge in [-0.3, -0.25) is 9.69 Å². The summed E-state index contributed by atoms with van der Waals surface area (Å²) in [5, 5.41) is 0. The Balaban J connectivity index is 1.97. The van der Waals surface area contributed by atoms with Gasteiger partial charge in [-0.05, 0) is 35.9 Å². The van der Waals surface area contributed by atoms with E-state index in [1.54, 1.807) is 19.2 Å². The number of hydrogen-bond donors (Lipinski definition) is 1. The molecule has 0 bridgehead atoms. The summed E-state index contributed by atoms with van der Waals surface area (Å²) in [6.07, 6.45) is 0.344. The van der Waals surface area contributed by atoms with E-state index in [-0.39, 0.29) is 11.7 Å². The number of thioether (sulfide) groups is 1. The summed E-state index contributed by atoms with van der Waals surface area (Å²) < 4.78 is 10.1. The molecule has 0 aliphatic carbocycles. The van der Waals surface area contributed by atoms with Crippen LogP contribution < -0.4 is 15.4 Å². The second-order valence-electron chi connectivity index (χ2n) is 5.87. The Hall–Kier alpha value is -2.67. The molecule has 26 heavy (non-hydrogen) atoms. The van der Waals surface area contributed by atoms with Gasteiger partial charge in [0.2, 0.25) is 5.91 Å². The Labute approximate surface area is 156 Å². The van der Waals surface area contributed by atoms with Gasteiger partial charge in [-0.1, -0.05) is 12.1 Å². The summed E-state index contributed by atoms with van der Waals surface area (Å²) in [5.41, 5.74) is 8.07. The van der Waals surface area contributed by atoms with Gasteiger partial charge in [0.1, 0.15) is 11.8 Å². The van der Waals surface area contributed by atoms with E-state index in [9.17, 15) is 9.59 Å². The van der Waals surface area contributed by atoms with Gasteiger partial charge in [0.05, 0.1) is 25.7 Å². The van der Waals surface area contributed by atoms with Crippen molar-refractivity contribution in [3.05, 3.63) is 48.0 Å². The molecule has 2 aromatic carbocycles. The number of rotatable bonds is 5.